The van der Waals surface area contributed by atoms with Crippen molar-refractivity contribution in [3.05, 3.63) is 163 Å². The van der Waals surface area contributed by atoms with Crippen LogP contribution < -0.4 is 40.2 Å². The van der Waals surface area contributed by atoms with Crippen LogP contribution in [-0.4, -0.2) is 208 Å². The Labute approximate surface area is 609 Å². The number of ether oxygens (including phenoxy) is 6. The molecular formula is C61H88N12O32P2. The highest BCUT2D eigenvalue weighted by Crippen LogP contribution is 2.47. The second kappa shape index (κ2) is 45.7. The third-order valence-corrected chi connectivity index (χ3v) is 14.5. The average Bonchev–Trinajstić information content (AvgIpc) is 1.16. The zero-order valence-electron chi connectivity index (χ0n) is 60.3. The monoisotopic (exact) mass is 1560 g/mol. The molecule has 0 amide bonds. The number of aromatic nitrogens is 4. The number of rotatable bonds is 24. The average molecular weight is 1560 g/mol. The van der Waals surface area contributed by atoms with E-state index in [1.165, 1.54) is 30.5 Å². The molecule has 8 N–H and O–H groups in total. The quantitative estimate of drug-likeness (QED) is 0.0133. The first-order valence-corrected chi connectivity index (χ1v) is 34.9. The number of hydrogen-bond donors (Lipinski definition) is 8. The number of methoxy groups -OCH3 is 3. The minimum absolute atomic E-state index is 0.0448. The number of para-hydroxylation sites is 1. The predicted molar refractivity (Wildman–Crippen MR) is 374 cm³/mol. The summed E-state index contributed by atoms with van der Waals surface area (Å²) in [5.74, 6) is 2.98. The largest absolute Gasteiger partial charge is 0.493 e. The number of nitrogens with zero attached hydrogens (tertiary/aromatic N) is 11. The van der Waals surface area contributed by atoms with Crippen LogP contribution in [0, 0.1) is 60.2 Å². The molecule has 1 saturated heterocycles. The molecule has 6 heterocycles. The van der Waals surface area contributed by atoms with Crippen molar-refractivity contribution in [1.29, 1.82) is 0 Å². The van der Waals surface area contributed by atoms with Gasteiger partial charge in [0.15, 0.2) is 29.1 Å². The van der Waals surface area contributed by atoms with Crippen molar-refractivity contribution < 1.29 is 125 Å². The lowest BCUT2D eigenvalue weighted by Gasteiger charge is -2.43. The Bertz CT molecular complexity index is 4130. The molecule has 0 unspecified atom stereocenters. The van der Waals surface area contributed by atoms with Crippen molar-refractivity contribution in [2.45, 2.75) is 93.1 Å². The van der Waals surface area contributed by atoms with Gasteiger partial charge in [-0.15, -0.1) is 40.5 Å². The molecule has 1 fully saturated rings. The van der Waals surface area contributed by atoms with E-state index in [0.717, 1.165) is 68.6 Å². The minimum atomic E-state index is -4.64. The summed E-state index contributed by atoms with van der Waals surface area (Å²) in [6, 6.07) is 19.7. The maximum absolute atomic E-state index is 12.5. The lowest BCUT2D eigenvalue weighted by molar-refractivity contribution is -0.760. The molecule has 0 spiro atoms. The van der Waals surface area contributed by atoms with Crippen LogP contribution >= 0.6 is 15.6 Å². The summed E-state index contributed by atoms with van der Waals surface area (Å²) in [6.07, 6.45) is 1.75. The fraction of sp³-hybridized carbons (Fsp3) is 0.492. The van der Waals surface area contributed by atoms with E-state index in [1.807, 2.05) is 44.2 Å². The predicted octanol–water partition coefficient (Wildman–Crippen LogP) is 4.73. The van der Waals surface area contributed by atoms with E-state index in [4.69, 9.17) is 91.1 Å². The molecule has 2 aliphatic heterocycles. The van der Waals surface area contributed by atoms with Crippen LogP contribution in [0.4, 0.5) is 5.82 Å². The van der Waals surface area contributed by atoms with E-state index in [1.54, 1.807) is 83.9 Å². The van der Waals surface area contributed by atoms with Crippen molar-refractivity contribution in [3.8, 4) is 23.0 Å². The normalized spacial score (nSPS) is 14.2. The first-order chi connectivity index (χ1) is 50.1. The van der Waals surface area contributed by atoms with Crippen LogP contribution in [0.1, 0.15) is 83.4 Å². The zero-order chi connectivity index (χ0) is 80.9. The van der Waals surface area contributed by atoms with Crippen molar-refractivity contribution in [3.63, 3.8) is 0 Å². The fourth-order valence-corrected chi connectivity index (χ4v) is 9.59. The van der Waals surface area contributed by atoms with Crippen LogP contribution in [0.5, 0.6) is 23.0 Å². The Balaban J connectivity index is 0.000000443. The molecule has 0 bridgehead atoms. The molecule has 107 heavy (non-hydrogen) atoms. The number of benzene rings is 3. The Kier molecular flexibility index (Phi) is 39.6. The Hall–Kier alpha value is -10.5. The van der Waals surface area contributed by atoms with Gasteiger partial charge in [-0.25, -0.2) is 18.9 Å². The first-order valence-electron chi connectivity index (χ1n) is 31.8. The number of anilines is 1. The van der Waals surface area contributed by atoms with Gasteiger partial charge in [-0.3, -0.25) is 24.2 Å². The topological polar surface area (TPSA) is 591 Å². The molecule has 0 saturated carbocycles. The SMILES string of the molecule is CCN(CC)c1cc(C)nc2ncnn12.CC[C@@H](C)C(=O)O[C@@H]1[C@H](OC(C)=O)c2c(ccc3ccc(=O)oc23)OC1(C)C.COc1ccc(CN2CCNCC2)c(OC)c1OC.Cc1coc2ccccc2c1=O.O=P(O)(O)O.O=P(O)(O)O.O=[N+]([O-])O.O=[N+]([O-])OCCN(CCO[N+](=O)[O-])CCO[N+](=O)[O-]. The second-order valence-electron chi connectivity index (χ2n) is 22.5. The molecule has 2 aliphatic rings. The first kappa shape index (κ1) is 92.6. The molecule has 3 aromatic carbocycles. The van der Waals surface area contributed by atoms with E-state index in [-0.39, 0.29) is 56.4 Å². The highest BCUT2D eigenvalue weighted by molar-refractivity contribution is 7.45. The standard InChI is InChI=1S/C21H24O7.C14H22N2O3.C10H15N5.C10H8O2.C6H12N4O9.HNO3.2H3O4P/c1-6-11(2)20(24)27-19-18(25-12(3)22)16-14(28-21(19,4)5)9-7-13-8-10-15(23)26-17(13)16;1-17-12-5-4-11(13(18-2)14(12)19-3)10-16-8-6-15-7-9-16;1-4-14(5-2)9-6-8(3)13-10-11-7-12-15(9)10;1-7-6-12-9-5-3-2-4-8(9)10(7)11;11-8(12)17-4-1-7(2-5-18-9(13)14)3-6-19-10(15)16;2-1(3)4;2*1-5(2,3)4/h7-11,18-19H,6H2,1-5H3;4-5,15H,6-10H2,1-3H3;6-7H,4-5H2,1-3H3;2-6H,1H3;1-6H2;(H,2,3,4);2*(H3,1,2,3,4)/t11-,18-,19-;;;;;;;/m1......./s1. The number of carbonyl (C=O) groups is 2. The molecule has 7 aromatic rings. The summed E-state index contributed by atoms with van der Waals surface area (Å²) < 4.78 is 63.8. The van der Waals surface area contributed by atoms with Gasteiger partial charge in [-0.05, 0) is 84.4 Å². The second-order valence-corrected chi connectivity index (χ2v) is 24.5. The van der Waals surface area contributed by atoms with Gasteiger partial charge in [0.25, 0.3) is 26.1 Å². The molecule has 9 rings (SSSR count). The molecule has 0 aliphatic carbocycles. The molecule has 3 atom stereocenters. The van der Waals surface area contributed by atoms with E-state index in [0.29, 0.717) is 56.9 Å². The number of carbonyl (C=O) groups excluding carboxylic acids is 2. The number of piperazine rings is 1. The summed E-state index contributed by atoms with van der Waals surface area (Å²) >= 11 is 0. The number of phosphoric acid groups is 2. The molecular weight excluding hydrogens is 1470 g/mol. The molecule has 594 valence electrons. The maximum Gasteiger partial charge on any atom is 0.466 e. The molecule has 44 nitrogen and oxygen atoms in total. The fourth-order valence-electron chi connectivity index (χ4n) is 9.59. The van der Waals surface area contributed by atoms with Crippen molar-refractivity contribution in [1.82, 2.24) is 34.7 Å². The Morgan fingerprint density at radius 2 is 1.31 bits per heavy atom. The summed E-state index contributed by atoms with van der Waals surface area (Å²) in [5, 5.41) is 49.3. The van der Waals surface area contributed by atoms with Gasteiger partial charge in [-0.1, -0.05) is 32.0 Å². The van der Waals surface area contributed by atoms with E-state index in [2.05, 4.69) is 58.5 Å². The highest BCUT2D eigenvalue weighted by Gasteiger charge is 2.50. The molecule has 46 heteroatoms. The highest BCUT2D eigenvalue weighted by atomic mass is 31.2. The number of aryl methyl sites for hydroxylation is 2. The Morgan fingerprint density at radius 1 is 0.776 bits per heavy atom. The smallest absolute Gasteiger partial charge is 0.466 e. The third-order valence-electron chi connectivity index (χ3n) is 14.5. The van der Waals surface area contributed by atoms with Crippen LogP contribution in [0.15, 0.2) is 97.7 Å². The van der Waals surface area contributed by atoms with Gasteiger partial charge < -0.3 is 96.6 Å². The van der Waals surface area contributed by atoms with Gasteiger partial charge in [-0.2, -0.15) is 14.6 Å². The van der Waals surface area contributed by atoms with Crippen molar-refractivity contribution >= 4 is 61.1 Å². The van der Waals surface area contributed by atoms with E-state index in [9.17, 15) is 49.5 Å². The molecule has 4 aromatic heterocycles. The Morgan fingerprint density at radius 3 is 1.80 bits per heavy atom. The maximum atomic E-state index is 12.5. The minimum Gasteiger partial charge on any atom is -0.493 e. The van der Waals surface area contributed by atoms with Crippen LogP contribution in [0.2, 0.25) is 0 Å². The van der Waals surface area contributed by atoms with Gasteiger partial charge in [0.1, 0.15) is 54.5 Å². The van der Waals surface area contributed by atoms with Gasteiger partial charge in [0.05, 0.1) is 44.5 Å². The van der Waals surface area contributed by atoms with Gasteiger partial charge in [0.2, 0.25) is 5.75 Å². The van der Waals surface area contributed by atoms with E-state index < -0.39 is 71.4 Å². The van der Waals surface area contributed by atoms with Crippen molar-refractivity contribution in [2.24, 2.45) is 5.92 Å². The lowest BCUT2D eigenvalue weighted by Crippen LogP contribution is -2.52. The number of hydrogen-bond acceptors (Lipinski definition) is 32. The summed E-state index contributed by atoms with van der Waals surface area (Å²) in [5.41, 5.74) is 2.56. The van der Waals surface area contributed by atoms with Crippen molar-refractivity contribution in [2.75, 3.05) is 105 Å². The molecule has 0 radical (unpaired) electrons. The summed E-state index contributed by atoms with van der Waals surface area (Å²) in [4.78, 5) is 156. The van der Waals surface area contributed by atoms with Gasteiger partial charge in [0, 0.05) is 107 Å². The summed E-state index contributed by atoms with van der Waals surface area (Å²) in [7, 11) is -4.35. The van der Waals surface area contributed by atoms with Crippen LogP contribution in [-0.2, 0) is 49.3 Å². The van der Waals surface area contributed by atoms with Crippen LogP contribution in [0.3, 0.4) is 0 Å². The summed E-state index contributed by atoms with van der Waals surface area (Å²) in [6.45, 7) is 22.7. The van der Waals surface area contributed by atoms with Gasteiger partial charge >= 0.3 is 33.2 Å². The number of fused-ring (bicyclic) bond motifs is 5. The lowest BCUT2D eigenvalue weighted by atomic mass is 9.87. The number of esters is 2. The van der Waals surface area contributed by atoms with Crippen LogP contribution in [0.25, 0.3) is 27.7 Å². The third kappa shape index (κ3) is 34.5. The number of nitrogens with one attached hydrogen (secondary N) is 1. The van der Waals surface area contributed by atoms with E-state index >= 15 is 0 Å². The zero-order valence-corrected chi connectivity index (χ0v) is 62.1.